The normalized spacial score (nSPS) is 23.7. The van der Waals surface area contributed by atoms with Gasteiger partial charge in [0.05, 0.1) is 0 Å². The quantitative estimate of drug-likeness (QED) is 0.818. The van der Waals surface area contributed by atoms with E-state index in [0.717, 1.165) is 30.4 Å². The Bertz CT molecular complexity index is 428. The summed E-state index contributed by atoms with van der Waals surface area (Å²) in [5.74, 6) is 0.00449. The Morgan fingerprint density at radius 2 is 2.12 bits per heavy atom. The minimum atomic E-state index is 0.00449. The minimum absolute atomic E-state index is 0.00449. The van der Waals surface area contributed by atoms with E-state index in [-0.39, 0.29) is 18.0 Å². The van der Waals surface area contributed by atoms with Crippen molar-refractivity contribution >= 4 is 5.91 Å². The Labute approximate surface area is 102 Å². The summed E-state index contributed by atoms with van der Waals surface area (Å²) in [5, 5.41) is 3.04. The SMILES string of the molecule is Cc1ccc(C(=O)NC2CCCC2N)c(C)c1. The van der Waals surface area contributed by atoms with Crippen LogP contribution in [0.15, 0.2) is 18.2 Å². The van der Waals surface area contributed by atoms with Gasteiger partial charge in [-0.25, -0.2) is 0 Å². The van der Waals surface area contributed by atoms with Crippen LogP contribution in [0.4, 0.5) is 0 Å². The van der Waals surface area contributed by atoms with Crippen LogP contribution in [0, 0.1) is 13.8 Å². The molecular weight excluding hydrogens is 212 g/mol. The van der Waals surface area contributed by atoms with Gasteiger partial charge in [-0.15, -0.1) is 0 Å². The number of hydrogen-bond acceptors (Lipinski definition) is 2. The van der Waals surface area contributed by atoms with Crippen molar-refractivity contribution < 1.29 is 4.79 Å². The lowest BCUT2D eigenvalue weighted by Gasteiger charge is -2.18. The molecule has 0 bridgehead atoms. The molecule has 1 aromatic carbocycles. The van der Waals surface area contributed by atoms with Gasteiger partial charge in [-0.2, -0.15) is 0 Å². The van der Waals surface area contributed by atoms with Crippen LogP contribution in [0.25, 0.3) is 0 Å². The summed E-state index contributed by atoms with van der Waals surface area (Å²) in [7, 11) is 0. The van der Waals surface area contributed by atoms with Crippen molar-refractivity contribution in [2.75, 3.05) is 0 Å². The maximum atomic E-state index is 12.1. The van der Waals surface area contributed by atoms with Gasteiger partial charge < -0.3 is 11.1 Å². The Balaban J connectivity index is 2.09. The first-order valence-corrected chi connectivity index (χ1v) is 6.21. The maximum Gasteiger partial charge on any atom is 0.251 e. The van der Waals surface area contributed by atoms with Crippen molar-refractivity contribution in [2.45, 2.75) is 45.2 Å². The summed E-state index contributed by atoms with van der Waals surface area (Å²) in [4.78, 5) is 12.1. The molecule has 3 heteroatoms. The Kier molecular flexibility index (Phi) is 3.48. The lowest BCUT2D eigenvalue weighted by molar-refractivity contribution is 0.0934. The van der Waals surface area contributed by atoms with Gasteiger partial charge in [-0.1, -0.05) is 17.7 Å². The molecule has 0 spiro atoms. The predicted octanol–water partition coefficient (Wildman–Crippen LogP) is 1.91. The van der Waals surface area contributed by atoms with E-state index in [1.54, 1.807) is 0 Å². The fourth-order valence-electron chi connectivity index (χ4n) is 2.48. The number of amides is 1. The largest absolute Gasteiger partial charge is 0.348 e. The van der Waals surface area contributed by atoms with Gasteiger partial charge in [-0.05, 0) is 44.7 Å². The molecule has 0 radical (unpaired) electrons. The highest BCUT2D eigenvalue weighted by molar-refractivity contribution is 5.95. The molecule has 2 rings (SSSR count). The summed E-state index contributed by atoms with van der Waals surface area (Å²) < 4.78 is 0. The highest BCUT2D eigenvalue weighted by Gasteiger charge is 2.25. The van der Waals surface area contributed by atoms with Crippen LogP contribution in [0.5, 0.6) is 0 Å². The molecule has 0 aromatic heterocycles. The number of nitrogens with one attached hydrogen (secondary N) is 1. The lowest BCUT2D eigenvalue weighted by atomic mass is 10.0. The summed E-state index contributed by atoms with van der Waals surface area (Å²) in [6.07, 6.45) is 3.12. The van der Waals surface area contributed by atoms with Crippen LogP contribution in [-0.2, 0) is 0 Å². The first-order chi connectivity index (χ1) is 8.08. The summed E-state index contributed by atoms with van der Waals surface area (Å²) >= 11 is 0. The smallest absolute Gasteiger partial charge is 0.251 e. The highest BCUT2D eigenvalue weighted by Crippen LogP contribution is 2.18. The minimum Gasteiger partial charge on any atom is -0.348 e. The van der Waals surface area contributed by atoms with Crippen molar-refractivity contribution in [2.24, 2.45) is 5.73 Å². The van der Waals surface area contributed by atoms with Crippen LogP contribution in [-0.4, -0.2) is 18.0 Å². The van der Waals surface area contributed by atoms with Crippen LogP contribution in [0.2, 0.25) is 0 Å². The van der Waals surface area contributed by atoms with E-state index >= 15 is 0 Å². The number of carbonyl (C=O) groups excluding carboxylic acids is 1. The third kappa shape index (κ3) is 2.67. The standard InChI is InChI=1S/C14H20N2O/c1-9-6-7-11(10(2)8-9)14(17)16-13-5-3-4-12(13)15/h6-8,12-13H,3-5,15H2,1-2H3,(H,16,17). The van der Waals surface area contributed by atoms with Crippen molar-refractivity contribution in [1.82, 2.24) is 5.32 Å². The third-order valence-electron chi connectivity index (χ3n) is 3.51. The number of carbonyl (C=O) groups is 1. The highest BCUT2D eigenvalue weighted by atomic mass is 16.1. The zero-order valence-electron chi connectivity index (χ0n) is 10.5. The van der Waals surface area contributed by atoms with Crippen LogP contribution in [0.3, 0.4) is 0 Å². The van der Waals surface area contributed by atoms with E-state index in [9.17, 15) is 4.79 Å². The molecule has 92 valence electrons. The molecule has 1 aliphatic carbocycles. The molecule has 3 nitrogen and oxygen atoms in total. The molecule has 1 fully saturated rings. The first-order valence-electron chi connectivity index (χ1n) is 6.21. The number of aryl methyl sites for hydroxylation is 2. The molecule has 0 heterocycles. The molecule has 1 aliphatic rings. The van der Waals surface area contributed by atoms with Gasteiger partial charge in [0, 0.05) is 17.6 Å². The average molecular weight is 232 g/mol. The second-order valence-electron chi connectivity index (χ2n) is 4.99. The maximum absolute atomic E-state index is 12.1. The Morgan fingerprint density at radius 3 is 2.71 bits per heavy atom. The lowest BCUT2D eigenvalue weighted by Crippen LogP contribution is -2.44. The van der Waals surface area contributed by atoms with Crippen LogP contribution in [0.1, 0.15) is 40.7 Å². The zero-order valence-corrected chi connectivity index (χ0v) is 10.5. The van der Waals surface area contributed by atoms with Crippen LogP contribution >= 0.6 is 0 Å². The van der Waals surface area contributed by atoms with Gasteiger partial charge >= 0.3 is 0 Å². The fourth-order valence-corrected chi connectivity index (χ4v) is 2.48. The second-order valence-corrected chi connectivity index (χ2v) is 4.99. The van der Waals surface area contributed by atoms with Gasteiger partial charge in [-0.3, -0.25) is 4.79 Å². The van der Waals surface area contributed by atoms with E-state index in [4.69, 9.17) is 5.73 Å². The molecule has 1 amide bonds. The summed E-state index contributed by atoms with van der Waals surface area (Å²) in [6, 6.07) is 6.15. The van der Waals surface area contributed by atoms with E-state index < -0.39 is 0 Å². The van der Waals surface area contributed by atoms with Gasteiger partial charge in [0.2, 0.25) is 0 Å². The zero-order chi connectivity index (χ0) is 12.4. The average Bonchev–Trinajstić information content (AvgIpc) is 2.64. The summed E-state index contributed by atoms with van der Waals surface area (Å²) in [5.41, 5.74) is 8.91. The van der Waals surface area contributed by atoms with Gasteiger partial charge in [0.1, 0.15) is 0 Å². The van der Waals surface area contributed by atoms with E-state index in [2.05, 4.69) is 5.32 Å². The number of rotatable bonds is 2. The van der Waals surface area contributed by atoms with Gasteiger partial charge in [0.15, 0.2) is 0 Å². The monoisotopic (exact) mass is 232 g/mol. The molecule has 1 saturated carbocycles. The van der Waals surface area contributed by atoms with Crippen molar-refractivity contribution in [3.8, 4) is 0 Å². The molecule has 2 atom stereocenters. The van der Waals surface area contributed by atoms with Crippen molar-refractivity contribution in [1.29, 1.82) is 0 Å². The second kappa shape index (κ2) is 4.88. The number of hydrogen-bond donors (Lipinski definition) is 2. The van der Waals surface area contributed by atoms with Crippen molar-refractivity contribution in [3.63, 3.8) is 0 Å². The molecule has 2 unspecified atom stereocenters. The number of nitrogens with two attached hydrogens (primary N) is 1. The Morgan fingerprint density at radius 1 is 1.35 bits per heavy atom. The molecule has 1 aromatic rings. The topological polar surface area (TPSA) is 55.1 Å². The Hall–Kier alpha value is -1.35. The van der Waals surface area contributed by atoms with E-state index in [0.29, 0.717) is 0 Å². The molecular formula is C14H20N2O. The van der Waals surface area contributed by atoms with E-state index in [1.165, 1.54) is 5.56 Å². The fraction of sp³-hybridized carbons (Fsp3) is 0.500. The first kappa shape index (κ1) is 12.1. The van der Waals surface area contributed by atoms with E-state index in [1.807, 2.05) is 32.0 Å². The molecule has 0 aliphatic heterocycles. The number of benzene rings is 1. The summed E-state index contributed by atoms with van der Waals surface area (Å²) in [6.45, 7) is 4.00. The van der Waals surface area contributed by atoms with Gasteiger partial charge in [0.25, 0.3) is 5.91 Å². The predicted molar refractivity (Wildman–Crippen MR) is 69.0 cm³/mol. The third-order valence-corrected chi connectivity index (χ3v) is 3.51. The van der Waals surface area contributed by atoms with Crippen molar-refractivity contribution in [3.05, 3.63) is 34.9 Å². The molecule has 0 saturated heterocycles. The molecule has 17 heavy (non-hydrogen) atoms. The van der Waals surface area contributed by atoms with Crippen LogP contribution < -0.4 is 11.1 Å². The molecule has 3 N–H and O–H groups in total.